The third-order valence-electron chi connectivity index (χ3n) is 12.3. The van der Waals surface area contributed by atoms with Crippen molar-refractivity contribution < 1.29 is 33.4 Å². The average molecular weight is 889 g/mol. The molecule has 0 saturated carbocycles. The first kappa shape index (κ1) is 49.6. The summed E-state index contributed by atoms with van der Waals surface area (Å²) < 4.78 is 15.9. The molecule has 4 atom stereocenters. The number of aromatic amines is 2. The SMILES string of the molecule is C#C.CC[C@@H](C)N(Cc1ncc(-c2ccc(C#Cc3ccc(-c4cnc(CN(C(=O)C(NC(=O)OC)C5CCOCC5)[C@H](C)CC)[nH]4)cc3)cc2)[nH]1)C(=O)C(NC(C)=O)C1CCOCC1. The zero-order chi connectivity index (χ0) is 46.9. The topological polar surface area (TPSA) is 184 Å². The van der Waals surface area contributed by atoms with Crippen molar-refractivity contribution >= 4 is 23.8 Å². The molecule has 2 aliphatic rings. The number of rotatable bonds is 16. The molecule has 0 bridgehead atoms. The molecule has 2 aliphatic heterocycles. The fraction of sp³-hybridized carbons (Fsp3) is 0.480. The Labute approximate surface area is 383 Å². The third-order valence-corrected chi connectivity index (χ3v) is 12.3. The number of alkyl carbamates (subject to hydrolysis) is 1. The number of benzene rings is 2. The number of terminal acetylenes is 1. The molecule has 6 rings (SSSR count). The van der Waals surface area contributed by atoms with E-state index in [0.717, 1.165) is 59.3 Å². The Morgan fingerprint density at radius 2 is 1.09 bits per heavy atom. The maximum atomic E-state index is 14.1. The van der Waals surface area contributed by atoms with Gasteiger partial charge in [0, 0.05) is 56.6 Å². The summed E-state index contributed by atoms with van der Waals surface area (Å²) in [5.74, 6) is 7.30. The predicted molar refractivity (Wildman–Crippen MR) is 249 cm³/mol. The molecule has 0 spiro atoms. The average Bonchev–Trinajstić information content (AvgIpc) is 4.03. The second-order valence-corrected chi connectivity index (χ2v) is 16.5. The van der Waals surface area contributed by atoms with Crippen LogP contribution in [-0.2, 0) is 41.7 Å². The quantitative estimate of drug-likeness (QED) is 0.0919. The number of aromatic nitrogens is 4. The van der Waals surface area contributed by atoms with Crippen molar-refractivity contribution in [1.29, 1.82) is 0 Å². The van der Waals surface area contributed by atoms with E-state index in [1.807, 2.05) is 81.1 Å². The van der Waals surface area contributed by atoms with E-state index < -0.39 is 18.2 Å². The van der Waals surface area contributed by atoms with Crippen LogP contribution in [0.15, 0.2) is 60.9 Å². The molecule has 4 heterocycles. The van der Waals surface area contributed by atoms with Crippen molar-refractivity contribution in [1.82, 2.24) is 40.4 Å². The maximum absolute atomic E-state index is 14.1. The number of carbonyl (C=O) groups is 4. The van der Waals surface area contributed by atoms with Gasteiger partial charge in [-0.25, -0.2) is 14.8 Å². The minimum Gasteiger partial charge on any atom is -0.453 e. The maximum Gasteiger partial charge on any atom is 0.407 e. The van der Waals surface area contributed by atoms with Crippen LogP contribution < -0.4 is 10.6 Å². The largest absolute Gasteiger partial charge is 0.453 e. The molecular weight excluding hydrogens is 825 g/mol. The summed E-state index contributed by atoms with van der Waals surface area (Å²) in [5, 5.41) is 5.73. The summed E-state index contributed by atoms with van der Waals surface area (Å²) in [6, 6.07) is 14.3. The van der Waals surface area contributed by atoms with E-state index in [9.17, 15) is 19.2 Å². The number of nitrogens with one attached hydrogen (secondary N) is 4. The Kier molecular flexibility index (Phi) is 18.8. The molecule has 0 aliphatic carbocycles. The van der Waals surface area contributed by atoms with Gasteiger partial charge < -0.3 is 44.6 Å². The zero-order valence-electron chi connectivity index (χ0n) is 38.5. The van der Waals surface area contributed by atoms with E-state index in [0.29, 0.717) is 57.5 Å². The molecule has 15 nitrogen and oxygen atoms in total. The van der Waals surface area contributed by atoms with Gasteiger partial charge in [0.2, 0.25) is 17.7 Å². The Morgan fingerprint density at radius 1 is 0.708 bits per heavy atom. The minimum atomic E-state index is -0.725. The Hall–Kier alpha value is -6.42. The number of H-pyrrole nitrogens is 2. The normalized spacial score (nSPS) is 15.9. The molecule has 4 aromatic rings. The Bertz CT molecular complexity index is 2240. The van der Waals surface area contributed by atoms with Gasteiger partial charge in [0.1, 0.15) is 23.7 Å². The highest BCUT2D eigenvalue weighted by atomic mass is 16.5. The van der Waals surface area contributed by atoms with E-state index in [1.165, 1.54) is 14.0 Å². The van der Waals surface area contributed by atoms with Gasteiger partial charge in [-0.2, -0.15) is 0 Å². The van der Waals surface area contributed by atoms with Crippen molar-refractivity contribution in [3.05, 3.63) is 83.7 Å². The molecule has 0 radical (unpaired) electrons. The zero-order valence-corrected chi connectivity index (χ0v) is 38.5. The van der Waals surface area contributed by atoms with Gasteiger partial charge in [0.05, 0.1) is 44.0 Å². The first-order valence-electron chi connectivity index (χ1n) is 22.5. The third kappa shape index (κ3) is 13.5. The van der Waals surface area contributed by atoms with Gasteiger partial charge in [-0.05, 0) is 99.6 Å². The fourth-order valence-corrected chi connectivity index (χ4v) is 8.08. The number of nitrogens with zero attached hydrogens (tertiary/aromatic N) is 4. The Morgan fingerprint density at radius 3 is 1.45 bits per heavy atom. The van der Waals surface area contributed by atoms with Gasteiger partial charge >= 0.3 is 6.09 Å². The molecule has 346 valence electrons. The highest BCUT2D eigenvalue weighted by Gasteiger charge is 2.37. The molecule has 65 heavy (non-hydrogen) atoms. The van der Waals surface area contributed by atoms with Gasteiger partial charge in [-0.15, -0.1) is 12.8 Å². The summed E-state index contributed by atoms with van der Waals surface area (Å²) in [7, 11) is 1.30. The van der Waals surface area contributed by atoms with Crippen LogP contribution in [-0.4, -0.2) is 111 Å². The van der Waals surface area contributed by atoms with E-state index in [2.05, 4.69) is 55.3 Å². The number of carbonyl (C=O) groups excluding carboxylic acids is 4. The van der Waals surface area contributed by atoms with E-state index in [-0.39, 0.29) is 48.2 Å². The highest BCUT2D eigenvalue weighted by molar-refractivity contribution is 5.88. The molecule has 2 fully saturated rings. The lowest BCUT2D eigenvalue weighted by molar-refractivity contribution is -0.141. The molecule has 2 aromatic carbocycles. The molecule has 4 amide bonds. The number of imidazole rings is 2. The van der Waals surface area contributed by atoms with Crippen molar-refractivity contribution in [3.8, 4) is 47.2 Å². The molecule has 2 aromatic heterocycles. The van der Waals surface area contributed by atoms with E-state index >= 15 is 0 Å². The smallest absolute Gasteiger partial charge is 0.407 e. The highest BCUT2D eigenvalue weighted by Crippen LogP contribution is 2.26. The summed E-state index contributed by atoms with van der Waals surface area (Å²) in [4.78, 5) is 72.1. The van der Waals surface area contributed by atoms with Gasteiger partial charge in [0.25, 0.3) is 0 Å². The van der Waals surface area contributed by atoms with Crippen molar-refractivity contribution in [2.45, 2.75) is 110 Å². The van der Waals surface area contributed by atoms with E-state index in [4.69, 9.17) is 14.2 Å². The molecule has 2 saturated heterocycles. The van der Waals surface area contributed by atoms with Crippen LogP contribution >= 0.6 is 0 Å². The van der Waals surface area contributed by atoms with Crippen LogP contribution in [0, 0.1) is 36.5 Å². The Balaban J connectivity index is 0.00000391. The lowest BCUT2D eigenvalue weighted by Gasteiger charge is -2.36. The van der Waals surface area contributed by atoms with E-state index in [1.54, 1.807) is 17.3 Å². The monoisotopic (exact) mass is 888 g/mol. The molecule has 2 unspecified atom stereocenters. The van der Waals surface area contributed by atoms with Crippen LogP contribution in [0.4, 0.5) is 4.79 Å². The van der Waals surface area contributed by atoms with Gasteiger partial charge in [-0.3, -0.25) is 14.4 Å². The second-order valence-electron chi connectivity index (χ2n) is 16.5. The van der Waals surface area contributed by atoms with Crippen LogP contribution in [0.5, 0.6) is 0 Å². The van der Waals surface area contributed by atoms with Gasteiger partial charge in [0.15, 0.2) is 0 Å². The van der Waals surface area contributed by atoms with Crippen molar-refractivity contribution in [2.24, 2.45) is 11.8 Å². The van der Waals surface area contributed by atoms with Crippen LogP contribution in [0.2, 0.25) is 0 Å². The van der Waals surface area contributed by atoms with Crippen LogP contribution in [0.3, 0.4) is 0 Å². The lowest BCUT2D eigenvalue weighted by atomic mass is 9.90. The number of hydrogen-bond acceptors (Lipinski definition) is 9. The first-order valence-corrected chi connectivity index (χ1v) is 22.5. The lowest BCUT2D eigenvalue weighted by Crippen LogP contribution is -2.55. The standard InChI is InChI=1S/C48H62N8O7.C2H2/c1-7-31(3)55(46(58)44(51-33(5)57)38-19-23-62-24-20-38)29-42-49-27-40(52-42)36-15-11-34(12-16-36)9-10-35-13-17-37(18-14-35)41-28-50-43(53-41)30-56(32(4)8-2)47(59)45(54-48(60)61-6)39-21-25-63-26-22-39;1-2/h11-18,27-28,31-32,38-39,44-45H,7-8,19-26,29-30H2,1-6H3,(H,49,52)(H,50,53)(H,51,57)(H,54,60);1-2H/t31-,32-,44?,45?;/m1./s1. The summed E-state index contributed by atoms with van der Waals surface area (Å²) in [6.07, 6.45) is 15.2. The number of hydrogen-bond donors (Lipinski definition) is 4. The first-order chi connectivity index (χ1) is 31.5. The van der Waals surface area contributed by atoms with Crippen molar-refractivity contribution in [2.75, 3.05) is 33.5 Å². The second kappa shape index (κ2) is 24.6. The summed E-state index contributed by atoms with van der Waals surface area (Å²) in [6.45, 7) is 12.4. The summed E-state index contributed by atoms with van der Waals surface area (Å²) in [5.41, 5.74) is 5.22. The molecule has 15 heteroatoms. The number of amides is 4. The fourth-order valence-electron chi connectivity index (χ4n) is 8.08. The number of ether oxygens (including phenoxy) is 3. The molecule has 4 N–H and O–H groups in total. The van der Waals surface area contributed by atoms with Crippen LogP contribution in [0.1, 0.15) is 95.9 Å². The molecular formula is C50H64N8O7. The van der Waals surface area contributed by atoms with Gasteiger partial charge in [-0.1, -0.05) is 50.0 Å². The van der Waals surface area contributed by atoms with Crippen molar-refractivity contribution in [3.63, 3.8) is 0 Å². The number of methoxy groups -OCH3 is 1. The van der Waals surface area contributed by atoms with Crippen LogP contribution in [0.25, 0.3) is 22.5 Å². The predicted octanol–water partition coefficient (Wildman–Crippen LogP) is 6.45. The minimum absolute atomic E-state index is 0.0187. The summed E-state index contributed by atoms with van der Waals surface area (Å²) >= 11 is 0.